The molecule has 3 nitrogen and oxygen atoms in total. The number of nitrogens with two attached hydrogens (primary N) is 1. The minimum atomic E-state index is 0.344. The number of hydrogen-bond donors (Lipinski definition) is 1. The van der Waals surface area contributed by atoms with Crippen molar-refractivity contribution in [1.82, 2.24) is 9.55 Å². The van der Waals surface area contributed by atoms with Gasteiger partial charge in [-0.15, -0.1) is 0 Å². The van der Waals surface area contributed by atoms with Crippen LogP contribution in [0, 0.1) is 0 Å². The van der Waals surface area contributed by atoms with E-state index in [2.05, 4.69) is 4.57 Å². The van der Waals surface area contributed by atoms with Crippen molar-refractivity contribution in [1.29, 1.82) is 0 Å². The van der Waals surface area contributed by atoms with Crippen LogP contribution in [0.1, 0.15) is 49.3 Å². The van der Waals surface area contributed by atoms with E-state index >= 15 is 0 Å². The fraction of sp³-hybridized carbons (Fsp3) is 0.769. The molecule has 1 unspecified atom stereocenters. The van der Waals surface area contributed by atoms with Crippen LogP contribution in [0.15, 0.2) is 0 Å². The van der Waals surface area contributed by atoms with Crippen molar-refractivity contribution >= 4 is 0 Å². The minimum absolute atomic E-state index is 0.344. The van der Waals surface area contributed by atoms with E-state index in [1.807, 2.05) is 0 Å². The molecule has 2 N–H and O–H groups in total. The van der Waals surface area contributed by atoms with Gasteiger partial charge in [0, 0.05) is 24.7 Å². The summed E-state index contributed by atoms with van der Waals surface area (Å²) in [6.45, 7) is 0.998. The number of fused-ring (bicyclic) bond motifs is 3. The fourth-order valence-electron chi connectivity index (χ4n) is 3.06. The van der Waals surface area contributed by atoms with E-state index in [4.69, 9.17) is 10.7 Å². The first-order valence-electron chi connectivity index (χ1n) is 6.67. The molecule has 0 bridgehead atoms. The van der Waals surface area contributed by atoms with Crippen LogP contribution in [0.3, 0.4) is 0 Å². The van der Waals surface area contributed by atoms with Gasteiger partial charge in [-0.1, -0.05) is 12.8 Å². The Hall–Kier alpha value is -0.830. The molecule has 0 saturated heterocycles. The van der Waals surface area contributed by atoms with Gasteiger partial charge in [0.05, 0.1) is 5.69 Å². The van der Waals surface area contributed by atoms with E-state index < -0.39 is 0 Å². The molecule has 0 saturated carbocycles. The average Bonchev–Trinajstić information content (AvgIpc) is 2.55. The number of aryl methyl sites for hydroxylation is 2. The average molecular weight is 219 g/mol. The van der Waals surface area contributed by atoms with Crippen molar-refractivity contribution in [2.24, 2.45) is 5.73 Å². The highest BCUT2D eigenvalue weighted by molar-refractivity contribution is 5.20. The Balaban J connectivity index is 1.96. The zero-order valence-electron chi connectivity index (χ0n) is 9.91. The van der Waals surface area contributed by atoms with E-state index in [9.17, 15) is 0 Å². The number of hydrogen-bond acceptors (Lipinski definition) is 2. The van der Waals surface area contributed by atoms with Crippen molar-refractivity contribution in [3.63, 3.8) is 0 Å². The van der Waals surface area contributed by atoms with Gasteiger partial charge in [-0.05, 0) is 32.1 Å². The van der Waals surface area contributed by atoms with Crippen LogP contribution in [-0.2, 0) is 25.8 Å². The van der Waals surface area contributed by atoms with Gasteiger partial charge in [0.25, 0.3) is 0 Å². The van der Waals surface area contributed by atoms with Crippen LogP contribution in [0.25, 0.3) is 0 Å². The Labute approximate surface area is 97.0 Å². The largest absolute Gasteiger partial charge is 0.330 e. The lowest BCUT2D eigenvalue weighted by molar-refractivity contribution is 0.440. The summed E-state index contributed by atoms with van der Waals surface area (Å²) < 4.78 is 2.43. The van der Waals surface area contributed by atoms with Crippen molar-refractivity contribution in [2.45, 2.75) is 64.0 Å². The topological polar surface area (TPSA) is 43.8 Å². The molecule has 1 atom stereocenters. The zero-order valence-corrected chi connectivity index (χ0v) is 9.91. The number of nitrogens with zero attached hydrogens (tertiary/aromatic N) is 2. The molecular weight excluding hydrogens is 198 g/mol. The predicted molar refractivity (Wildman–Crippen MR) is 64.4 cm³/mol. The zero-order chi connectivity index (χ0) is 11.0. The number of rotatable bonds is 0. The maximum atomic E-state index is 6.06. The molecule has 1 aliphatic carbocycles. The summed E-state index contributed by atoms with van der Waals surface area (Å²) in [6.07, 6.45) is 9.99. The van der Waals surface area contributed by atoms with Gasteiger partial charge in [-0.3, -0.25) is 0 Å². The second-order valence-electron chi connectivity index (χ2n) is 5.24. The van der Waals surface area contributed by atoms with Gasteiger partial charge in [0.15, 0.2) is 0 Å². The van der Waals surface area contributed by atoms with Crippen molar-refractivity contribution in [2.75, 3.05) is 0 Å². The van der Waals surface area contributed by atoms with Crippen LogP contribution in [0.5, 0.6) is 0 Å². The third kappa shape index (κ3) is 1.77. The third-order valence-corrected chi connectivity index (χ3v) is 3.97. The van der Waals surface area contributed by atoms with Crippen LogP contribution in [0.2, 0.25) is 0 Å². The minimum Gasteiger partial charge on any atom is -0.330 e. The van der Waals surface area contributed by atoms with Gasteiger partial charge in [0.1, 0.15) is 5.82 Å². The molecule has 0 fully saturated rings. The molecule has 3 rings (SSSR count). The molecule has 0 radical (unpaired) electrons. The van der Waals surface area contributed by atoms with E-state index in [0.717, 1.165) is 19.4 Å². The third-order valence-electron chi connectivity index (χ3n) is 3.97. The molecule has 2 aliphatic rings. The summed E-state index contributed by atoms with van der Waals surface area (Å²) in [6, 6.07) is 0.344. The summed E-state index contributed by atoms with van der Waals surface area (Å²) in [5, 5.41) is 0. The highest BCUT2D eigenvalue weighted by Gasteiger charge is 2.23. The van der Waals surface area contributed by atoms with Gasteiger partial charge in [-0.2, -0.15) is 0 Å². The summed E-state index contributed by atoms with van der Waals surface area (Å²) in [7, 11) is 0. The Morgan fingerprint density at radius 2 is 1.88 bits per heavy atom. The first kappa shape index (κ1) is 10.3. The van der Waals surface area contributed by atoms with Gasteiger partial charge >= 0.3 is 0 Å². The fourth-order valence-corrected chi connectivity index (χ4v) is 3.06. The van der Waals surface area contributed by atoms with Crippen LogP contribution in [-0.4, -0.2) is 15.6 Å². The van der Waals surface area contributed by atoms with Crippen LogP contribution < -0.4 is 5.73 Å². The molecule has 0 spiro atoms. The van der Waals surface area contributed by atoms with Crippen molar-refractivity contribution in [3.8, 4) is 0 Å². The van der Waals surface area contributed by atoms with Gasteiger partial charge in [0.2, 0.25) is 0 Å². The Kier molecular flexibility index (Phi) is 2.72. The van der Waals surface area contributed by atoms with E-state index in [1.54, 1.807) is 0 Å². The molecule has 1 aliphatic heterocycles. The standard InChI is InChI=1S/C13H21N3/c14-10-7-8-13-15-11-5-3-1-2-4-6-12(11)16(13)9-10/h10H,1-9,14H2. The first-order chi connectivity index (χ1) is 7.84. The SMILES string of the molecule is NC1CCc2nc3c(n2C1)CCCCCC3. The highest BCUT2D eigenvalue weighted by atomic mass is 15.1. The molecule has 2 heterocycles. The normalized spacial score (nSPS) is 25.4. The molecule has 0 aromatic carbocycles. The molecule has 0 amide bonds. The molecule has 88 valence electrons. The van der Waals surface area contributed by atoms with Gasteiger partial charge in [-0.25, -0.2) is 4.98 Å². The van der Waals surface area contributed by atoms with Crippen molar-refractivity contribution < 1.29 is 0 Å². The van der Waals surface area contributed by atoms with Crippen molar-refractivity contribution in [3.05, 3.63) is 17.2 Å². The summed E-state index contributed by atoms with van der Waals surface area (Å²) >= 11 is 0. The maximum absolute atomic E-state index is 6.06. The smallest absolute Gasteiger partial charge is 0.109 e. The Morgan fingerprint density at radius 1 is 1.06 bits per heavy atom. The highest BCUT2D eigenvalue weighted by Crippen LogP contribution is 2.24. The maximum Gasteiger partial charge on any atom is 0.109 e. The summed E-state index contributed by atoms with van der Waals surface area (Å²) in [4.78, 5) is 4.83. The number of aromatic nitrogens is 2. The molecule has 16 heavy (non-hydrogen) atoms. The quantitative estimate of drug-likeness (QED) is 0.723. The lowest BCUT2D eigenvalue weighted by atomic mass is 10.0. The Morgan fingerprint density at radius 3 is 2.75 bits per heavy atom. The summed E-state index contributed by atoms with van der Waals surface area (Å²) in [5.41, 5.74) is 8.95. The summed E-state index contributed by atoms with van der Waals surface area (Å²) in [5.74, 6) is 1.30. The monoisotopic (exact) mass is 219 g/mol. The molecular formula is C13H21N3. The van der Waals surface area contributed by atoms with Crippen LogP contribution in [0.4, 0.5) is 0 Å². The first-order valence-corrected chi connectivity index (χ1v) is 6.67. The number of imidazole rings is 1. The predicted octanol–water partition coefficient (Wildman–Crippen LogP) is 1.82. The second kappa shape index (κ2) is 4.21. The lowest BCUT2D eigenvalue weighted by Gasteiger charge is -2.22. The van der Waals surface area contributed by atoms with E-state index in [0.29, 0.717) is 6.04 Å². The molecule has 3 heteroatoms. The molecule has 1 aromatic rings. The van der Waals surface area contributed by atoms with E-state index in [-0.39, 0.29) is 0 Å². The van der Waals surface area contributed by atoms with Crippen LogP contribution >= 0.6 is 0 Å². The van der Waals surface area contributed by atoms with E-state index in [1.165, 1.54) is 55.7 Å². The lowest BCUT2D eigenvalue weighted by Crippen LogP contribution is -2.32. The molecule has 1 aromatic heterocycles. The van der Waals surface area contributed by atoms with Gasteiger partial charge < -0.3 is 10.3 Å². The Bertz CT molecular complexity index is 381. The second-order valence-corrected chi connectivity index (χ2v) is 5.24.